The van der Waals surface area contributed by atoms with Crippen molar-refractivity contribution in [2.24, 2.45) is 5.10 Å². The summed E-state index contributed by atoms with van der Waals surface area (Å²) >= 11 is 1.56. The summed E-state index contributed by atoms with van der Waals surface area (Å²) < 4.78 is 0. The Morgan fingerprint density at radius 2 is 2.12 bits per heavy atom. The van der Waals surface area contributed by atoms with E-state index in [0.29, 0.717) is 12.2 Å². The molecule has 0 saturated heterocycles. The van der Waals surface area contributed by atoms with Crippen molar-refractivity contribution in [1.29, 1.82) is 0 Å². The normalized spacial score (nSPS) is 16.6. The average molecular weight is 358 g/mol. The zero-order chi connectivity index (χ0) is 17.8. The van der Waals surface area contributed by atoms with Gasteiger partial charge in [0, 0.05) is 11.8 Å². The van der Waals surface area contributed by atoms with Gasteiger partial charge >= 0.3 is 5.97 Å². The molecule has 25 heavy (non-hydrogen) atoms. The molecule has 2 N–H and O–H groups in total. The van der Waals surface area contributed by atoms with Crippen LogP contribution in [-0.2, 0) is 22.6 Å². The lowest BCUT2D eigenvalue weighted by molar-refractivity contribution is -0.138. The molecule has 1 aromatic heterocycles. The number of amides is 1. The van der Waals surface area contributed by atoms with Crippen molar-refractivity contribution in [2.75, 3.05) is 5.01 Å². The van der Waals surface area contributed by atoms with E-state index in [0.717, 1.165) is 17.1 Å². The van der Waals surface area contributed by atoms with Crippen molar-refractivity contribution in [1.82, 2.24) is 10.3 Å². The minimum atomic E-state index is -1.01. The highest BCUT2D eigenvalue weighted by atomic mass is 32.1. The van der Waals surface area contributed by atoms with Crippen LogP contribution in [0, 0.1) is 0 Å². The second kappa shape index (κ2) is 7.43. The van der Waals surface area contributed by atoms with Crippen molar-refractivity contribution >= 4 is 34.6 Å². The van der Waals surface area contributed by atoms with Crippen LogP contribution in [0.15, 0.2) is 40.8 Å². The third-order valence-electron chi connectivity index (χ3n) is 3.81. The Kier molecular flexibility index (Phi) is 5.08. The maximum atomic E-state index is 12.4. The maximum absolute atomic E-state index is 12.4. The number of nitrogens with one attached hydrogen (secondary N) is 1. The molecule has 7 nitrogen and oxygen atoms in total. The van der Waals surface area contributed by atoms with E-state index in [-0.39, 0.29) is 18.0 Å². The molecular formula is C17H18N4O3S. The minimum absolute atomic E-state index is 0.0628. The predicted octanol–water partition coefficient (Wildman–Crippen LogP) is 2.04. The van der Waals surface area contributed by atoms with Crippen molar-refractivity contribution in [3.05, 3.63) is 46.4 Å². The molecule has 3 rings (SSSR count). The molecule has 0 aliphatic carbocycles. The summed E-state index contributed by atoms with van der Waals surface area (Å²) in [7, 11) is 0. The number of aromatic nitrogens is 1. The van der Waals surface area contributed by atoms with E-state index in [9.17, 15) is 14.7 Å². The summed E-state index contributed by atoms with van der Waals surface area (Å²) in [6, 6.07) is 8.09. The summed E-state index contributed by atoms with van der Waals surface area (Å²) in [4.78, 5) is 28.3. The van der Waals surface area contributed by atoms with Crippen LogP contribution in [0.1, 0.15) is 24.0 Å². The maximum Gasteiger partial charge on any atom is 0.328 e. The highest BCUT2D eigenvalue weighted by Crippen LogP contribution is 2.24. The smallest absolute Gasteiger partial charge is 0.328 e. The molecule has 0 bridgehead atoms. The Labute approximate surface area is 149 Å². The van der Waals surface area contributed by atoms with E-state index in [1.807, 2.05) is 18.4 Å². The molecule has 1 aromatic carbocycles. The second-order valence-corrected chi connectivity index (χ2v) is 6.50. The van der Waals surface area contributed by atoms with Crippen molar-refractivity contribution in [2.45, 2.75) is 32.4 Å². The number of carboxylic acids is 1. The summed E-state index contributed by atoms with van der Waals surface area (Å²) in [5.41, 5.74) is 1.65. The van der Waals surface area contributed by atoms with Gasteiger partial charge in [0.05, 0.1) is 22.9 Å². The van der Waals surface area contributed by atoms with Crippen LogP contribution in [0.25, 0.3) is 0 Å². The van der Waals surface area contributed by atoms with Crippen molar-refractivity contribution < 1.29 is 14.7 Å². The Balaban J connectivity index is 1.70. The van der Waals surface area contributed by atoms with E-state index < -0.39 is 12.0 Å². The highest BCUT2D eigenvalue weighted by Gasteiger charge is 2.36. The van der Waals surface area contributed by atoms with Crippen LogP contribution < -0.4 is 10.3 Å². The van der Waals surface area contributed by atoms with Gasteiger partial charge in [-0.1, -0.05) is 25.1 Å². The lowest BCUT2D eigenvalue weighted by atomic mass is 10.1. The molecule has 0 fully saturated rings. The molecular weight excluding hydrogens is 340 g/mol. The molecule has 1 atom stereocenters. The fraction of sp³-hybridized carbons (Fsp3) is 0.294. The molecule has 1 aliphatic rings. The molecule has 1 amide bonds. The quantitative estimate of drug-likeness (QED) is 0.824. The second-order valence-electron chi connectivity index (χ2n) is 5.55. The molecule has 2 heterocycles. The lowest BCUT2D eigenvalue weighted by Crippen LogP contribution is -2.35. The van der Waals surface area contributed by atoms with E-state index in [1.54, 1.807) is 35.6 Å². The first kappa shape index (κ1) is 17.1. The first-order valence-corrected chi connectivity index (χ1v) is 8.82. The number of rotatable bonds is 6. The topological polar surface area (TPSA) is 94.9 Å². The first-order valence-electron chi connectivity index (χ1n) is 7.94. The number of para-hydroxylation sites is 1. The fourth-order valence-corrected chi connectivity index (χ4v) is 3.27. The zero-order valence-electron chi connectivity index (χ0n) is 13.7. The van der Waals surface area contributed by atoms with Crippen molar-refractivity contribution in [3.63, 3.8) is 0 Å². The third kappa shape index (κ3) is 3.85. The Morgan fingerprint density at radius 3 is 2.76 bits per heavy atom. The van der Waals surface area contributed by atoms with Gasteiger partial charge < -0.3 is 10.4 Å². The lowest BCUT2D eigenvalue weighted by Gasteiger charge is -2.19. The van der Waals surface area contributed by atoms with Crippen LogP contribution in [-0.4, -0.2) is 33.7 Å². The van der Waals surface area contributed by atoms with Gasteiger partial charge in [-0.05, 0) is 18.6 Å². The number of carbonyl (C=O) groups excluding carboxylic acids is 1. The SMILES string of the molecule is CCc1nc(CNC(=O)C2=NN(c3ccccc3)C(C(=O)O)C2)cs1. The van der Waals surface area contributed by atoms with Crippen LogP contribution in [0.5, 0.6) is 0 Å². The molecule has 1 aliphatic heterocycles. The number of hydrazone groups is 1. The molecule has 0 spiro atoms. The van der Waals surface area contributed by atoms with Crippen LogP contribution >= 0.6 is 11.3 Å². The predicted molar refractivity (Wildman–Crippen MR) is 95.7 cm³/mol. The summed E-state index contributed by atoms with van der Waals surface area (Å²) in [5.74, 6) is -1.38. The standard InChI is InChI=1S/C17H18N4O3S/c1-2-15-19-11(10-25-15)9-18-16(22)13-8-14(17(23)24)21(20-13)12-6-4-3-5-7-12/h3-7,10,14H,2,8-9H2,1H3,(H,18,22)(H,23,24). The number of aryl methyl sites for hydroxylation is 1. The van der Waals surface area contributed by atoms with Gasteiger partial charge in [-0.2, -0.15) is 5.10 Å². The Hall–Kier alpha value is -2.74. The van der Waals surface area contributed by atoms with Gasteiger partial charge in [0.1, 0.15) is 5.71 Å². The zero-order valence-corrected chi connectivity index (χ0v) is 14.5. The van der Waals surface area contributed by atoms with Gasteiger partial charge in [-0.3, -0.25) is 9.80 Å². The van der Waals surface area contributed by atoms with E-state index >= 15 is 0 Å². The van der Waals surface area contributed by atoms with Crippen LogP contribution in [0.4, 0.5) is 5.69 Å². The number of benzene rings is 1. The monoisotopic (exact) mass is 358 g/mol. The van der Waals surface area contributed by atoms with E-state index in [2.05, 4.69) is 15.4 Å². The number of anilines is 1. The fourth-order valence-electron chi connectivity index (χ4n) is 2.52. The number of carbonyl (C=O) groups is 2. The number of nitrogens with zero attached hydrogens (tertiary/aromatic N) is 3. The van der Waals surface area contributed by atoms with Gasteiger partial charge in [-0.15, -0.1) is 11.3 Å². The Bertz CT molecular complexity index is 803. The van der Waals surface area contributed by atoms with Crippen molar-refractivity contribution in [3.8, 4) is 0 Å². The number of hydrogen-bond acceptors (Lipinski definition) is 6. The van der Waals surface area contributed by atoms with Crippen LogP contribution in [0.2, 0.25) is 0 Å². The molecule has 1 unspecified atom stereocenters. The molecule has 130 valence electrons. The molecule has 0 radical (unpaired) electrons. The number of carboxylic acid groups (broad SMARTS) is 1. The summed E-state index contributed by atoms with van der Waals surface area (Å²) in [5, 5.41) is 20.7. The van der Waals surface area contributed by atoms with Gasteiger partial charge in [0.15, 0.2) is 6.04 Å². The highest BCUT2D eigenvalue weighted by molar-refractivity contribution is 7.09. The molecule has 2 aromatic rings. The van der Waals surface area contributed by atoms with Crippen LogP contribution in [0.3, 0.4) is 0 Å². The third-order valence-corrected chi connectivity index (χ3v) is 4.85. The molecule has 8 heteroatoms. The van der Waals surface area contributed by atoms with Gasteiger partial charge in [0.2, 0.25) is 0 Å². The number of thiazole rings is 1. The minimum Gasteiger partial charge on any atom is -0.480 e. The first-order chi connectivity index (χ1) is 12.1. The van der Waals surface area contributed by atoms with E-state index in [4.69, 9.17) is 0 Å². The van der Waals surface area contributed by atoms with E-state index in [1.165, 1.54) is 5.01 Å². The summed E-state index contributed by atoms with van der Waals surface area (Å²) in [6.45, 7) is 2.33. The largest absolute Gasteiger partial charge is 0.480 e. The average Bonchev–Trinajstić information content (AvgIpc) is 3.27. The summed E-state index contributed by atoms with van der Waals surface area (Å²) in [6.07, 6.45) is 0.922. The number of hydrogen-bond donors (Lipinski definition) is 2. The Morgan fingerprint density at radius 1 is 1.36 bits per heavy atom. The molecule has 0 saturated carbocycles. The van der Waals surface area contributed by atoms with Gasteiger partial charge in [0.25, 0.3) is 5.91 Å². The van der Waals surface area contributed by atoms with Gasteiger partial charge in [-0.25, -0.2) is 9.78 Å². The number of aliphatic carboxylic acids is 1.